The number of aryl methyl sites for hydroxylation is 1. The van der Waals surface area contributed by atoms with Crippen LogP contribution in [0.25, 0.3) is 0 Å². The van der Waals surface area contributed by atoms with Crippen LogP contribution in [-0.2, 0) is 25.7 Å². The molecule has 1 saturated heterocycles. The highest BCUT2D eigenvalue weighted by atomic mass is 16.5. The van der Waals surface area contributed by atoms with Crippen LogP contribution in [0.1, 0.15) is 23.1 Å². The number of rotatable bonds is 6. The number of hydrogen-bond donors (Lipinski definition) is 1. The molecule has 1 heterocycles. The average Bonchev–Trinajstić information content (AvgIpc) is 3.05. The standard InChI is InChI=1S/C22H24N2O4/c1-15-7-6-10-19(16(15)2)23-20(25)14-28-22(27)18-11-21(26)24(13-18)12-17-8-4-3-5-9-17/h3-10,18H,11-14H2,1-2H3,(H,23,25)/t18-/m0/s1. The Kier molecular flexibility index (Phi) is 6.09. The number of amides is 2. The topological polar surface area (TPSA) is 75.7 Å². The van der Waals surface area contributed by atoms with Gasteiger partial charge in [0.2, 0.25) is 5.91 Å². The summed E-state index contributed by atoms with van der Waals surface area (Å²) >= 11 is 0. The zero-order chi connectivity index (χ0) is 20.1. The molecule has 0 bridgehead atoms. The lowest BCUT2D eigenvalue weighted by molar-refractivity contribution is -0.151. The van der Waals surface area contributed by atoms with Gasteiger partial charge in [0, 0.05) is 25.2 Å². The molecule has 1 aliphatic rings. The fraction of sp³-hybridized carbons (Fsp3) is 0.318. The van der Waals surface area contributed by atoms with Crippen molar-refractivity contribution in [2.24, 2.45) is 5.92 Å². The molecule has 0 saturated carbocycles. The number of anilines is 1. The fourth-order valence-corrected chi connectivity index (χ4v) is 3.21. The van der Waals surface area contributed by atoms with E-state index in [1.54, 1.807) is 11.0 Å². The summed E-state index contributed by atoms with van der Waals surface area (Å²) in [4.78, 5) is 38.2. The number of nitrogens with one attached hydrogen (secondary N) is 1. The van der Waals surface area contributed by atoms with Crippen molar-refractivity contribution < 1.29 is 19.1 Å². The first kappa shape index (κ1) is 19.6. The highest BCUT2D eigenvalue weighted by Crippen LogP contribution is 2.22. The Morgan fingerprint density at radius 3 is 2.61 bits per heavy atom. The molecule has 0 unspecified atom stereocenters. The van der Waals surface area contributed by atoms with E-state index in [-0.39, 0.29) is 18.9 Å². The third-order valence-corrected chi connectivity index (χ3v) is 4.99. The minimum Gasteiger partial charge on any atom is -0.455 e. The Labute approximate surface area is 164 Å². The van der Waals surface area contributed by atoms with Crippen molar-refractivity contribution in [1.29, 1.82) is 0 Å². The summed E-state index contributed by atoms with van der Waals surface area (Å²) in [5.41, 5.74) is 3.75. The molecule has 0 radical (unpaired) electrons. The lowest BCUT2D eigenvalue weighted by atomic mass is 10.1. The van der Waals surface area contributed by atoms with E-state index in [1.165, 1.54) is 0 Å². The third-order valence-electron chi connectivity index (χ3n) is 4.99. The van der Waals surface area contributed by atoms with Gasteiger partial charge in [-0.3, -0.25) is 14.4 Å². The van der Waals surface area contributed by atoms with Gasteiger partial charge in [0.1, 0.15) is 0 Å². The molecule has 6 nitrogen and oxygen atoms in total. The van der Waals surface area contributed by atoms with Crippen molar-refractivity contribution in [3.63, 3.8) is 0 Å². The van der Waals surface area contributed by atoms with E-state index in [1.807, 2.05) is 56.3 Å². The van der Waals surface area contributed by atoms with Crippen LogP contribution in [0.5, 0.6) is 0 Å². The maximum absolute atomic E-state index is 12.3. The van der Waals surface area contributed by atoms with E-state index in [2.05, 4.69) is 5.32 Å². The van der Waals surface area contributed by atoms with Gasteiger partial charge in [-0.15, -0.1) is 0 Å². The van der Waals surface area contributed by atoms with Crippen LogP contribution in [0.3, 0.4) is 0 Å². The molecule has 1 N–H and O–H groups in total. The summed E-state index contributed by atoms with van der Waals surface area (Å²) in [5.74, 6) is -1.53. The van der Waals surface area contributed by atoms with Crippen molar-refractivity contribution in [1.82, 2.24) is 4.90 Å². The zero-order valence-electron chi connectivity index (χ0n) is 16.1. The highest BCUT2D eigenvalue weighted by Gasteiger charge is 2.35. The quantitative estimate of drug-likeness (QED) is 0.782. The Bertz CT molecular complexity index is 879. The molecule has 0 spiro atoms. The number of nitrogens with zero attached hydrogens (tertiary/aromatic N) is 1. The molecule has 1 aliphatic heterocycles. The van der Waals surface area contributed by atoms with Crippen molar-refractivity contribution in [2.75, 3.05) is 18.5 Å². The molecule has 1 fully saturated rings. The lowest BCUT2D eigenvalue weighted by Crippen LogP contribution is -2.28. The summed E-state index contributed by atoms with van der Waals surface area (Å²) < 4.78 is 5.15. The Hall–Kier alpha value is -3.15. The van der Waals surface area contributed by atoms with Crippen LogP contribution in [0.4, 0.5) is 5.69 Å². The minimum absolute atomic E-state index is 0.0781. The van der Waals surface area contributed by atoms with Gasteiger partial charge in [-0.2, -0.15) is 0 Å². The van der Waals surface area contributed by atoms with Gasteiger partial charge in [0.15, 0.2) is 6.61 Å². The number of carbonyl (C=O) groups is 3. The first-order chi connectivity index (χ1) is 13.4. The van der Waals surface area contributed by atoms with Crippen LogP contribution in [0.15, 0.2) is 48.5 Å². The molecule has 1 atom stereocenters. The number of esters is 1. The maximum Gasteiger partial charge on any atom is 0.311 e. The van der Waals surface area contributed by atoms with E-state index < -0.39 is 17.8 Å². The van der Waals surface area contributed by atoms with Gasteiger partial charge >= 0.3 is 5.97 Å². The maximum atomic E-state index is 12.3. The van der Waals surface area contributed by atoms with Gasteiger partial charge in [0.05, 0.1) is 5.92 Å². The summed E-state index contributed by atoms with van der Waals surface area (Å²) in [5, 5.41) is 2.75. The number of ether oxygens (including phenoxy) is 1. The summed E-state index contributed by atoms with van der Waals surface area (Å²) in [6.45, 7) is 4.29. The van der Waals surface area contributed by atoms with Crippen LogP contribution in [0, 0.1) is 19.8 Å². The Balaban J connectivity index is 1.49. The second-order valence-electron chi connectivity index (χ2n) is 7.06. The van der Waals surface area contributed by atoms with Gasteiger partial charge in [0.25, 0.3) is 5.91 Å². The Morgan fingerprint density at radius 2 is 1.86 bits per heavy atom. The first-order valence-corrected chi connectivity index (χ1v) is 9.28. The highest BCUT2D eigenvalue weighted by molar-refractivity contribution is 5.94. The molecule has 0 aliphatic carbocycles. The Morgan fingerprint density at radius 1 is 1.11 bits per heavy atom. The molecule has 2 aromatic rings. The molecule has 146 valence electrons. The van der Waals surface area contributed by atoms with Crippen molar-refractivity contribution in [3.05, 3.63) is 65.2 Å². The molecule has 0 aromatic heterocycles. The minimum atomic E-state index is -0.537. The number of benzene rings is 2. The monoisotopic (exact) mass is 380 g/mol. The van der Waals surface area contributed by atoms with Crippen LogP contribution in [-0.4, -0.2) is 35.8 Å². The predicted molar refractivity (Wildman–Crippen MR) is 105 cm³/mol. The van der Waals surface area contributed by atoms with Crippen LogP contribution in [0.2, 0.25) is 0 Å². The summed E-state index contributed by atoms with van der Waals surface area (Å²) in [7, 11) is 0. The van der Waals surface area contributed by atoms with Crippen LogP contribution >= 0.6 is 0 Å². The van der Waals surface area contributed by atoms with Gasteiger partial charge in [-0.05, 0) is 36.6 Å². The third kappa shape index (κ3) is 4.76. The molecular weight excluding hydrogens is 356 g/mol. The number of likely N-dealkylation sites (tertiary alicyclic amines) is 1. The number of hydrogen-bond acceptors (Lipinski definition) is 4. The fourth-order valence-electron chi connectivity index (χ4n) is 3.21. The molecule has 2 aromatic carbocycles. The lowest BCUT2D eigenvalue weighted by Gasteiger charge is -2.16. The van der Waals surface area contributed by atoms with E-state index in [0.29, 0.717) is 18.8 Å². The van der Waals surface area contributed by atoms with Gasteiger partial charge in [-0.1, -0.05) is 42.5 Å². The molecule has 3 rings (SSSR count). The van der Waals surface area contributed by atoms with E-state index in [4.69, 9.17) is 4.74 Å². The second kappa shape index (κ2) is 8.69. The van der Waals surface area contributed by atoms with Crippen LogP contribution < -0.4 is 5.32 Å². The zero-order valence-corrected chi connectivity index (χ0v) is 16.1. The normalized spacial score (nSPS) is 16.1. The molecule has 6 heteroatoms. The van der Waals surface area contributed by atoms with E-state index in [0.717, 1.165) is 16.7 Å². The van der Waals surface area contributed by atoms with Crippen molar-refractivity contribution >= 4 is 23.5 Å². The van der Waals surface area contributed by atoms with E-state index >= 15 is 0 Å². The number of carbonyl (C=O) groups excluding carboxylic acids is 3. The molecule has 2 amide bonds. The van der Waals surface area contributed by atoms with E-state index in [9.17, 15) is 14.4 Å². The first-order valence-electron chi connectivity index (χ1n) is 9.28. The van der Waals surface area contributed by atoms with Gasteiger partial charge in [-0.25, -0.2) is 0 Å². The summed E-state index contributed by atoms with van der Waals surface area (Å²) in [6.07, 6.45) is 0.115. The summed E-state index contributed by atoms with van der Waals surface area (Å²) in [6, 6.07) is 15.2. The van der Waals surface area contributed by atoms with Gasteiger partial charge < -0.3 is 15.0 Å². The molecular formula is C22H24N2O4. The second-order valence-corrected chi connectivity index (χ2v) is 7.06. The van der Waals surface area contributed by atoms with Crippen molar-refractivity contribution in [2.45, 2.75) is 26.8 Å². The van der Waals surface area contributed by atoms with Crippen molar-refractivity contribution in [3.8, 4) is 0 Å². The molecule has 28 heavy (non-hydrogen) atoms. The SMILES string of the molecule is Cc1cccc(NC(=O)COC(=O)[C@H]2CC(=O)N(Cc3ccccc3)C2)c1C. The average molecular weight is 380 g/mol. The smallest absolute Gasteiger partial charge is 0.311 e. The largest absolute Gasteiger partial charge is 0.455 e. The predicted octanol–water partition coefficient (Wildman–Crippen LogP) is 2.83.